The zero-order chi connectivity index (χ0) is 21.2. The van der Waals surface area contributed by atoms with Crippen molar-refractivity contribution in [2.45, 2.75) is 33.2 Å². The van der Waals surface area contributed by atoms with E-state index in [4.69, 9.17) is 0 Å². The summed E-state index contributed by atoms with van der Waals surface area (Å²) in [6.45, 7) is 5.22. The van der Waals surface area contributed by atoms with Crippen molar-refractivity contribution in [3.8, 4) is 0 Å². The second kappa shape index (κ2) is 7.91. The minimum atomic E-state index is -1.21. The predicted molar refractivity (Wildman–Crippen MR) is 113 cm³/mol. The van der Waals surface area contributed by atoms with Crippen LogP contribution in [0.25, 0.3) is 10.9 Å². The summed E-state index contributed by atoms with van der Waals surface area (Å²) in [6, 6.07) is 16.6. The number of carboxylic acid groups (broad SMARTS) is 1. The summed E-state index contributed by atoms with van der Waals surface area (Å²) in [6.07, 6.45) is -0.00698. The lowest BCUT2D eigenvalue weighted by Gasteiger charge is -2.37. The number of H-pyrrole nitrogens is 1. The highest BCUT2D eigenvalue weighted by Gasteiger charge is 2.41. The number of nitrogens with one attached hydrogen (secondary N) is 1. The second-order valence-electron chi connectivity index (χ2n) is 8.10. The van der Waals surface area contributed by atoms with Crippen LogP contribution in [0.1, 0.15) is 26.3 Å². The Hall–Kier alpha value is -3.41. The van der Waals surface area contributed by atoms with Crippen LogP contribution in [0, 0.1) is 5.41 Å². The average molecular weight is 392 g/mol. The van der Waals surface area contributed by atoms with Gasteiger partial charge >= 0.3 is 5.97 Å². The van der Waals surface area contributed by atoms with Gasteiger partial charge in [0.1, 0.15) is 11.7 Å². The molecule has 150 valence electrons. The third-order valence-corrected chi connectivity index (χ3v) is 4.77. The van der Waals surface area contributed by atoms with Gasteiger partial charge in [0.05, 0.1) is 6.42 Å². The minimum Gasteiger partial charge on any atom is -0.480 e. The Morgan fingerprint density at radius 2 is 1.66 bits per heavy atom. The number of hydrogen-bond donors (Lipinski definition) is 2. The molecule has 29 heavy (non-hydrogen) atoms. The molecule has 0 bridgehead atoms. The Kier molecular flexibility index (Phi) is 5.55. The van der Waals surface area contributed by atoms with Gasteiger partial charge in [-0.1, -0.05) is 69.3 Å². The van der Waals surface area contributed by atoms with Crippen LogP contribution in [0.3, 0.4) is 0 Å². The lowest BCUT2D eigenvalue weighted by Crippen LogP contribution is -2.54. The molecule has 0 aliphatic carbocycles. The molecule has 0 saturated carbocycles. The summed E-state index contributed by atoms with van der Waals surface area (Å²) in [5.41, 5.74) is 0.112. The number of anilines is 1. The van der Waals surface area contributed by atoms with Gasteiger partial charge in [-0.2, -0.15) is 0 Å². The number of para-hydroxylation sites is 1. The first-order chi connectivity index (χ1) is 13.7. The molecule has 1 unspecified atom stereocenters. The lowest BCUT2D eigenvalue weighted by atomic mass is 9.85. The Bertz CT molecular complexity index is 1100. The van der Waals surface area contributed by atoms with Crippen LogP contribution in [0.2, 0.25) is 0 Å². The lowest BCUT2D eigenvalue weighted by molar-refractivity contribution is -0.142. The van der Waals surface area contributed by atoms with Gasteiger partial charge in [0, 0.05) is 10.9 Å². The number of carbonyl (C=O) groups is 2. The summed E-state index contributed by atoms with van der Waals surface area (Å²) >= 11 is 0. The Morgan fingerprint density at radius 3 is 2.28 bits per heavy atom. The molecule has 1 atom stereocenters. The maximum absolute atomic E-state index is 13.3. The van der Waals surface area contributed by atoms with Crippen molar-refractivity contribution in [1.82, 2.24) is 4.98 Å². The van der Waals surface area contributed by atoms with Gasteiger partial charge in [0.25, 0.3) is 5.56 Å². The summed E-state index contributed by atoms with van der Waals surface area (Å²) in [5.74, 6) is -1.61. The number of aromatic nitrogens is 1. The third-order valence-electron chi connectivity index (χ3n) is 4.77. The molecule has 6 heteroatoms. The number of pyridine rings is 1. The highest BCUT2D eigenvalue weighted by atomic mass is 16.4. The van der Waals surface area contributed by atoms with Crippen molar-refractivity contribution in [2.75, 3.05) is 4.90 Å². The van der Waals surface area contributed by atoms with Gasteiger partial charge in [0.2, 0.25) is 5.91 Å². The Morgan fingerprint density at radius 1 is 1.03 bits per heavy atom. The van der Waals surface area contributed by atoms with Gasteiger partial charge < -0.3 is 10.1 Å². The van der Waals surface area contributed by atoms with E-state index in [9.17, 15) is 19.5 Å². The van der Waals surface area contributed by atoms with E-state index in [2.05, 4.69) is 4.98 Å². The minimum absolute atomic E-state index is 0.00698. The molecule has 1 amide bonds. The first kappa shape index (κ1) is 20.3. The maximum Gasteiger partial charge on any atom is 0.327 e. The number of amides is 1. The zero-order valence-corrected chi connectivity index (χ0v) is 16.7. The van der Waals surface area contributed by atoms with Crippen LogP contribution in [0.15, 0.2) is 65.5 Å². The monoisotopic (exact) mass is 392 g/mol. The van der Waals surface area contributed by atoms with Crippen LogP contribution < -0.4 is 10.5 Å². The van der Waals surface area contributed by atoms with Crippen LogP contribution in [-0.4, -0.2) is 28.0 Å². The molecular weight excluding hydrogens is 368 g/mol. The van der Waals surface area contributed by atoms with E-state index in [-0.39, 0.29) is 12.1 Å². The molecule has 0 aliphatic heterocycles. The van der Waals surface area contributed by atoms with Crippen LogP contribution in [0.5, 0.6) is 0 Å². The van der Waals surface area contributed by atoms with Crippen molar-refractivity contribution in [1.29, 1.82) is 0 Å². The first-order valence-corrected chi connectivity index (χ1v) is 9.39. The summed E-state index contributed by atoms with van der Waals surface area (Å²) in [5, 5.41) is 10.7. The van der Waals surface area contributed by atoms with Crippen LogP contribution in [-0.2, 0) is 16.0 Å². The standard InChI is InChI=1S/C23H24N2O4/c1-23(2,3)20(22(28)29)25(19(26)13-15-9-5-4-6-10-15)18-14-16-11-7-8-12-17(16)24-21(18)27/h4-12,14,20H,13H2,1-3H3,(H,24,27)(H,28,29). The number of carbonyl (C=O) groups excluding carboxylic acids is 1. The van der Waals surface area contributed by atoms with Gasteiger partial charge in [-0.25, -0.2) is 4.79 Å². The topological polar surface area (TPSA) is 90.5 Å². The quantitative estimate of drug-likeness (QED) is 0.694. The number of nitrogens with zero attached hydrogens (tertiary/aromatic N) is 1. The fraction of sp³-hybridized carbons (Fsp3) is 0.261. The van der Waals surface area contributed by atoms with E-state index in [0.29, 0.717) is 5.52 Å². The molecule has 2 N–H and O–H groups in total. The summed E-state index contributed by atoms with van der Waals surface area (Å²) < 4.78 is 0. The van der Waals surface area contributed by atoms with E-state index in [0.717, 1.165) is 15.8 Å². The van der Waals surface area contributed by atoms with Crippen molar-refractivity contribution < 1.29 is 14.7 Å². The van der Waals surface area contributed by atoms with E-state index >= 15 is 0 Å². The van der Waals surface area contributed by atoms with Gasteiger partial charge in [-0.3, -0.25) is 14.5 Å². The van der Waals surface area contributed by atoms with Crippen molar-refractivity contribution in [3.05, 3.63) is 76.6 Å². The molecule has 6 nitrogen and oxygen atoms in total. The molecule has 1 heterocycles. The highest BCUT2D eigenvalue weighted by molar-refractivity contribution is 6.01. The largest absolute Gasteiger partial charge is 0.480 e. The summed E-state index contributed by atoms with van der Waals surface area (Å²) in [4.78, 5) is 42.2. The number of carboxylic acids is 1. The highest BCUT2D eigenvalue weighted by Crippen LogP contribution is 2.29. The van der Waals surface area contributed by atoms with E-state index in [1.165, 1.54) is 0 Å². The molecule has 2 aromatic carbocycles. The van der Waals surface area contributed by atoms with Gasteiger partial charge in [-0.15, -0.1) is 0 Å². The number of aromatic amines is 1. The van der Waals surface area contributed by atoms with Gasteiger partial charge in [0.15, 0.2) is 0 Å². The van der Waals surface area contributed by atoms with Crippen molar-refractivity contribution >= 4 is 28.5 Å². The van der Waals surface area contributed by atoms with E-state index in [1.807, 2.05) is 30.3 Å². The van der Waals surface area contributed by atoms with Crippen LogP contribution in [0.4, 0.5) is 5.69 Å². The number of aliphatic carboxylic acids is 1. The maximum atomic E-state index is 13.3. The molecule has 0 saturated heterocycles. The number of fused-ring (bicyclic) bond motifs is 1. The van der Waals surface area contributed by atoms with Crippen molar-refractivity contribution in [2.24, 2.45) is 5.41 Å². The second-order valence-corrected chi connectivity index (χ2v) is 8.10. The number of rotatable bonds is 5. The Balaban J connectivity index is 2.17. The zero-order valence-electron chi connectivity index (χ0n) is 16.7. The molecular formula is C23H24N2O4. The van der Waals surface area contributed by atoms with Crippen molar-refractivity contribution in [3.63, 3.8) is 0 Å². The normalized spacial score (nSPS) is 12.5. The molecule has 3 rings (SSSR count). The van der Waals surface area contributed by atoms with E-state index in [1.54, 1.807) is 51.1 Å². The molecule has 3 aromatic rings. The first-order valence-electron chi connectivity index (χ1n) is 9.39. The number of benzene rings is 2. The predicted octanol–water partition coefficient (Wildman–Crippen LogP) is 3.60. The van der Waals surface area contributed by atoms with E-state index < -0.39 is 28.9 Å². The average Bonchev–Trinajstić information content (AvgIpc) is 2.65. The smallest absolute Gasteiger partial charge is 0.327 e. The fourth-order valence-corrected chi connectivity index (χ4v) is 3.46. The van der Waals surface area contributed by atoms with Gasteiger partial charge in [-0.05, 0) is 23.1 Å². The SMILES string of the molecule is CC(C)(C)C(C(=O)O)N(C(=O)Cc1ccccc1)c1cc2ccccc2[nH]c1=O. The number of hydrogen-bond acceptors (Lipinski definition) is 3. The molecule has 0 radical (unpaired) electrons. The fourth-order valence-electron chi connectivity index (χ4n) is 3.46. The molecule has 0 aliphatic rings. The molecule has 0 fully saturated rings. The summed E-state index contributed by atoms with van der Waals surface area (Å²) in [7, 11) is 0. The molecule has 0 spiro atoms. The third kappa shape index (κ3) is 4.37. The molecule has 1 aromatic heterocycles. The Labute approximate surface area is 168 Å². The van der Waals surface area contributed by atoms with Crippen LogP contribution >= 0.6 is 0 Å².